The van der Waals surface area contributed by atoms with E-state index >= 15 is 0 Å². The van der Waals surface area contributed by atoms with Gasteiger partial charge >= 0.3 is 0 Å². The third-order valence-electron chi connectivity index (χ3n) is 3.23. The first kappa shape index (κ1) is 15.0. The third kappa shape index (κ3) is 3.57. The topological polar surface area (TPSA) is 98.5 Å². The summed E-state index contributed by atoms with van der Waals surface area (Å²) in [6.45, 7) is 3.63. The van der Waals surface area contributed by atoms with Gasteiger partial charge < -0.3 is 14.6 Å². The van der Waals surface area contributed by atoms with Crippen LogP contribution in [-0.2, 0) is 19.4 Å². The molecule has 0 saturated carbocycles. The van der Waals surface area contributed by atoms with Gasteiger partial charge in [0.25, 0.3) is 0 Å². The molecule has 20 heavy (non-hydrogen) atoms. The number of hydrogen-bond donors (Lipinski definition) is 1. The van der Waals surface area contributed by atoms with Gasteiger partial charge in [-0.3, -0.25) is 4.79 Å². The fourth-order valence-electron chi connectivity index (χ4n) is 2.00. The largest absolute Gasteiger partial charge is 0.377 e. The zero-order valence-corrected chi connectivity index (χ0v) is 12.3. The molecule has 2 rings (SSSR count). The summed E-state index contributed by atoms with van der Waals surface area (Å²) in [5.41, 5.74) is 0. The Bertz CT molecular complexity index is 574. The van der Waals surface area contributed by atoms with Gasteiger partial charge in [0.1, 0.15) is 11.0 Å². The molecular formula is C12H18N2O5S. The molecular weight excluding hydrogens is 284 g/mol. The Morgan fingerprint density at radius 1 is 1.60 bits per heavy atom. The highest BCUT2D eigenvalue weighted by molar-refractivity contribution is 7.92. The maximum atomic E-state index is 12.1. The molecule has 112 valence electrons. The molecule has 0 bridgehead atoms. The molecule has 1 N–H and O–H groups in total. The van der Waals surface area contributed by atoms with E-state index in [2.05, 4.69) is 10.5 Å². The molecule has 8 heteroatoms. The molecule has 0 aliphatic carbocycles. The Kier molecular flexibility index (Phi) is 4.44. The number of hydrogen-bond acceptors (Lipinski definition) is 6. The van der Waals surface area contributed by atoms with E-state index in [1.807, 2.05) is 0 Å². The molecule has 1 aromatic rings. The Morgan fingerprint density at radius 2 is 2.35 bits per heavy atom. The maximum Gasteiger partial charge on any atom is 0.243 e. The van der Waals surface area contributed by atoms with E-state index in [0.29, 0.717) is 12.4 Å². The van der Waals surface area contributed by atoms with Gasteiger partial charge in [-0.1, -0.05) is 5.16 Å². The molecule has 1 fully saturated rings. The van der Waals surface area contributed by atoms with Crippen molar-refractivity contribution in [2.24, 2.45) is 0 Å². The number of anilines is 1. The SMILES string of the molecule is Cc1cc(NC(=O)[C@@H](C)S(=O)(=O)C[C@@H]2CCCO2)no1. The molecule has 0 aromatic carbocycles. The summed E-state index contributed by atoms with van der Waals surface area (Å²) >= 11 is 0. The van der Waals surface area contributed by atoms with E-state index in [1.54, 1.807) is 6.92 Å². The molecule has 1 aliphatic heterocycles. The normalized spacial score (nSPS) is 20.8. The van der Waals surface area contributed by atoms with Gasteiger partial charge in [0, 0.05) is 12.7 Å². The van der Waals surface area contributed by atoms with Gasteiger partial charge in [0.05, 0.1) is 11.9 Å². The van der Waals surface area contributed by atoms with Gasteiger partial charge in [-0.2, -0.15) is 0 Å². The fourth-order valence-corrected chi connectivity index (χ4v) is 3.45. The second kappa shape index (κ2) is 5.92. The first-order valence-electron chi connectivity index (χ1n) is 6.46. The van der Waals surface area contributed by atoms with Crippen molar-refractivity contribution in [2.45, 2.75) is 38.0 Å². The van der Waals surface area contributed by atoms with Crippen LogP contribution in [0.2, 0.25) is 0 Å². The Morgan fingerprint density at radius 3 is 2.90 bits per heavy atom. The molecule has 1 saturated heterocycles. The zero-order valence-electron chi connectivity index (χ0n) is 11.5. The average Bonchev–Trinajstić information content (AvgIpc) is 3.00. The van der Waals surface area contributed by atoms with Gasteiger partial charge in [0.2, 0.25) is 5.91 Å². The predicted molar refractivity (Wildman–Crippen MR) is 72.1 cm³/mol. The lowest BCUT2D eigenvalue weighted by atomic mass is 10.3. The summed E-state index contributed by atoms with van der Waals surface area (Å²) in [6, 6.07) is 1.53. The standard InChI is InChI=1S/C12H18N2O5S/c1-8-6-11(14-19-8)13-12(15)9(2)20(16,17)7-10-4-3-5-18-10/h6,9-10H,3-5,7H2,1-2H3,(H,13,14,15)/t9-,10+/m1/s1. The first-order chi connectivity index (χ1) is 9.38. The minimum absolute atomic E-state index is 0.126. The van der Waals surface area contributed by atoms with Gasteiger partial charge in [-0.25, -0.2) is 8.42 Å². The summed E-state index contributed by atoms with van der Waals surface area (Å²) < 4.78 is 34.4. The summed E-state index contributed by atoms with van der Waals surface area (Å²) in [6.07, 6.45) is 1.28. The summed E-state index contributed by atoms with van der Waals surface area (Å²) in [5, 5.41) is 4.88. The van der Waals surface area contributed by atoms with Crippen LogP contribution < -0.4 is 5.32 Å². The molecule has 2 heterocycles. The van der Waals surface area contributed by atoms with Crippen molar-refractivity contribution < 1.29 is 22.5 Å². The minimum Gasteiger partial charge on any atom is -0.377 e. The molecule has 1 aromatic heterocycles. The number of aryl methyl sites for hydroxylation is 1. The van der Waals surface area contributed by atoms with Gasteiger partial charge in [-0.15, -0.1) is 0 Å². The zero-order chi connectivity index (χ0) is 14.8. The highest BCUT2D eigenvalue weighted by atomic mass is 32.2. The van der Waals surface area contributed by atoms with Crippen molar-refractivity contribution >= 4 is 21.6 Å². The number of amides is 1. The van der Waals surface area contributed by atoms with Crippen molar-refractivity contribution in [1.82, 2.24) is 5.16 Å². The number of sulfone groups is 1. The number of carbonyl (C=O) groups excluding carboxylic acids is 1. The van der Waals surface area contributed by atoms with Crippen molar-refractivity contribution in [3.05, 3.63) is 11.8 Å². The number of ether oxygens (including phenoxy) is 1. The lowest BCUT2D eigenvalue weighted by molar-refractivity contribution is -0.115. The van der Waals surface area contributed by atoms with E-state index in [-0.39, 0.29) is 17.7 Å². The highest BCUT2D eigenvalue weighted by Gasteiger charge is 2.32. The van der Waals surface area contributed by atoms with Crippen LogP contribution >= 0.6 is 0 Å². The van der Waals surface area contributed by atoms with Crippen molar-refractivity contribution in [1.29, 1.82) is 0 Å². The third-order valence-corrected chi connectivity index (χ3v) is 5.36. The molecule has 2 atom stereocenters. The van der Waals surface area contributed by atoms with Crippen LogP contribution in [0.25, 0.3) is 0 Å². The highest BCUT2D eigenvalue weighted by Crippen LogP contribution is 2.17. The number of aromatic nitrogens is 1. The number of nitrogens with one attached hydrogen (secondary N) is 1. The van der Waals surface area contributed by atoms with Gasteiger partial charge in [0.15, 0.2) is 15.7 Å². The quantitative estimate of drug-likeness (QED) is 0.868. The Balaban J connectivity index is 1.97. The summed E-state index contributed by atoms with van der Waals surface area (Å²) in [4.78, 5) is 11.9. The van der Waals surface area contributed by atoms with E-state index < -0.39 is 21.0 Å². The molecule has 1 aliphatic rings. The lowest BCUT2D eigenvalue weighted by Crippen LogP contribution is -2.37. The van der Waals surface area contributed by atoms with E-state index in [1.165, 1.54) is 13.0 Å². The van der Waals surface area contributed by atoms with E-state index in [9.17, 15) is 13.2 Å². The predicted octanol–water partition coefficient (Wildman–Crippen LogP) is 0.904. The second-order valence-corrected chi connectivity index (χ2v) is 7.28. The minimum atomic E-state index is -3.55. The van der Waals surface area contributed by atoms with Crippen molar-refractivity contribution in [3.63, 3.8) is 0 Å². The molecule has 0 unspecified atom stereocenters. The van der Waals surface area contributed by atoms with Crippen LogP contribution in [0.5, 0.6) is 0 Å². The molecule has 1 amide bonds. The maximum absolute atomic E-state index is 12.1. The van der Waals surface area contributed by atoms with Crippen LogP contribution in [0.3, 0.4) is 0 Å². The van der Waals surface area contributed by atoms with E-state index in [4.69, 9.17) is 9.26 Å². The van der Waals surface area contributed by atoms with Crippen LogP contribution in [0.4, 0.5) is 5.82 Å². The number of carbonyl (C=O) groups is 1. The number of rotatable bonds is 5. The molecule has 0 spiro atoms. The smallest absolute Gasteiger partial charge is 0.243 e. The molecule has 7 nitrogen and oxygen atoms in total. The van der Waals surface area contributed by atoms with Crippen molar-refractivity contribution in [3.8, 4) is 0 Å². The second-order valence-electron chi connectivity index (χ2n) is 4.92. The van der Waals surface area contributed by atoms with Crippen LogP contribution in [0.1, 0.15) is 25.5 Å². The number of nitrogens with zero attached hydrogens (tertiary/aromatic N) is 1. The van der Waals surface area contributed by atoms with Crippen LogP contribution in [-0.4, -0.2) is 43.2 Å². The van der Waals surface area contributed by atoms with E-state index in [0.717, 1.165) is 12.8 Å². The Labute approximate surface area is 117 Å². The summed E-state index contributed by atoms with van der Waals surface area (Å²) in [7, 11) is -3.55. The van der Waals surface area contributed by atoms with Crippen molar-refractivity contribution in [2.75, 3.05) is 17.7 Å². The lowest BCUT2D eigenvalue weighted by Gasteiger charge is -2.15. The van der Waals surface area contributed by atoms with Crippen LogP contribution in [0, 0.1) is 6.92 Å². The van der Waals surface area contributed by atoms with Gasteiger partial charge in [-0.05, 0) is 26.7 Å². The summed E-state index contributed by atoms with van der Waals surface area (Å²) in [5.74, 6) is 0.0116. The van der Waals surface area contributed by atoms with Crippen LogP contribution in [0.15, 0.2) is 10.6 Å². The average molecular weight is 302 g/mol. The fraction of sp³-hybridized carbons (Fsp3) is 0.667. The Hall–Kier alpha value is -1.41. The molecule has 0 radical (unpaired) electrons. The first-order valence-corrected chi connectivity index (χ1v) is 8.17. The monoisotopic (exact) mass is 302 g/mol.